The van der Waals surface area contributed by atoms with E-state index in [1.54, 1.807) is 5.38 Å². The Balaban J connectivity index is 2.45. The number of aromatic carboxylic acids is 1. The lowest BCUT2D eigenvalue weighted by atomic mass is 10.1. The number of hydrogen-bond donors (Lipinski definition) is 2. The van der Waals surface area contributed by atoms with Crippen molar-refractivity contribution in [2.45, 2.75) is 4.21 Å². The molecular formula is C11H8N2O6S2. The predicted octanol–water partition coefficient (Wildman–Crippen LogP) is 2.16. The lowest BCUT2D eigenvalue weighted by Gasteiger charge is -2.09. The molecule has 0 aliphatic heterocycles. The normalized spacial score (nSPS) is 11.0. The van der Waals surface area contributed by atoms with Gasteiger partial charge in [-0.05, 0) is 17.5 Å². The maximum atomic E-state index is 12.0. The highest BCUT2D eigenvalue weighted by atomic mass is 32.2. The lowest BCUT2D eigenvalue weighted by molar-refractivity contribution is -0.384. The molecule has 10 heteroatoms. The second kappa shape index (κ2) is 5.50. The van der Waals surface area contributed by atoms with E-state index in [9.17, 15) is 23.3 Å². The molecule has 21 heavy (non-hydrogen) atoms. The number of nitrogens with zero attached hydrogens (tertiary/aromatic N) is 1. The van der Waals surface area contributed by atoms with Gasteiger partial charge in [-0.25, -0.2) is 13.2 Å². The summed E-state index contributed by atoms with van der Waals surface area (Å²) in [6.45, 7) is 0. The van der Waals surface area contributed by atoms with Crippen molar-refractivity contribution in [3.05, 3.63) is 51.4 Å². The minimum atomic E-state index is -3.92. The molecule has 0 unspecified atom stereocenters. The number of nitro groups is 1. The molecule has 1 aromatic heterocycles. The first-order valence-electron chi connectivity index (χ1n) is 5.39. The molecule has 110 valence electrons. The Kier molecular flexibility index (Phi) is 3.91. The molecule has 0 spiro atoms. The van der Waals surface area contributed by atoms with Gasteiger partial charge in [-0.3, -0.25) is 14.8 Å². The van der Waals surface area contributed by atoms with Crippen LogP contribution in [0.1, 0.15) is 10.4 Å². The maximum Gasteiger partial charge on any atom is 0.338 e. The number of anilines is 1. The van der Waals surface area contributed by atoms with Crippen molar-refractivity contribution in [2.24, 2.45) is 0 Å². The smallest absolute Gasteiger partial charge is 0.338 e. The summed E-state index contributed by atoms with van der Waals surface area (Å²) >= 11 is 0.965. The summed E-state index contributed by atoms with van der Waals surface area (Å²) in [5, 5.41) is 21.2. The van der Waals surface area contributed by atoms with Gasteiger partial charge < -0.3 is 5.11 Å². The minimum Gasteiger partial charge on any atom is -0.478 e. The Bertz CT molecular complexity index is 798. The van der Waals surface area contributed by atoms with Gasteiger partial charge in [0, 0.05) is 12.1 Å². The minimum absolute atomic E-state index is 0.0113. The average molecular weight is 328 g/mol. The molecule has 1 aromatic carbocycles. The van der Waals surface area contributed by atoms with Crippen LogP contribution in [0.5, 0.6) is 0 Å². The molecule has 0 atom stereocenters. The molecule has 0 bridgehead atoms. The molecule has 0 aliphatic carbocycles. The van der Waals surface area contributed by atoms with Gasteiger partial charge in [-0.2, -0.15) is 0 Å². The SMILES string of the molecule is O=C(O)c1cc([N+](=O)[O-])ccc1NS(=O)(=O)c1cccs1. The van der Waals surface area contributed by atoms with E-state index in [4.69, 9.17) is 5.11 Å². The molecule has 0 fully saturated rings. The van der Waals surface area contributed by atoms with Crippen LogP contribution < -0.4 is 4.72 Å². The second-order valence-corrected chi connectivity index (χ2v) is 6.69. The molecule has 2 aromatic rings. The van der Waals surface area contributed by atoms with Crippen molar-refractivity contribution >= 4 is 38.7 Å². The van der Waals surface area contributed by atoms with Gasteiger partial charge in [0.1, 0.15) is 4.21 Å². The Hall–Kier alpha value is -2.46. The van der Waals surface area contributed by atoms with Gasteiger partial charge in [-0.1, -0.05) is 6.07 Å². The van der Waals surface area contributed by atoms with Crippen LogP contribution >= 0.6 is 11.3 Å². The Labute approximate surface area is 122 Å². The number of nitrogens with one attached hydrogen (secondary N) is 1. The van der Waals surface area contributed by atoms with Gasteiger partial charge in [0.2, 0.25) is 0 Å². The van der Waals surface area contributed by atoms with E-state index in [0.29, 0.717) is 0 Å². The van der Waals surface area contributed by atoms with E-state index in [1.807, 2.05) is 0 Å². The molecule has 0 saturated heterocycles. The molecule has 8 nitrogen and oxygen atoms in total. The van der Waals surface area contributed by atoms with Crippen molar-refractivity contribution < 1.29 is 23.2 Å². The molecule has 0 aliphatic rings. The quantitative estimate of drug-likeness (QED) is 0.639. The highest BCUT2D eigenvalue weighted by Gasteiger charge is 2.21. The first-order chi connectivity index (χ1) is 9.81. The number of hydrogen-bond acceptors (Lipinski definition) is 6. The monoisotopic (exact) mass is 328 g/mol. The predicted molar refractivity (Wildman–Crippen MR) is 75.2 cm³/mol. The molecule has 0 radical (unpaired) electrons. The number of rotatable bonds is 5. The van der Waals surface area contributed by atoms with Crippen molar-refractivity contribution in [2.75, 3.05) is 4.72 Å². The number of thiophene rings is 1. The van der Waals surface area contributed by atoms with Crippen molar-refractivity contribution in [1.82, 2.24) is 0 Å². The molecule has 0 amide bonds. The third-order valence-corrected chi connectivity index (χ3v) is 5.21. The fourth-order valence-corrected chi connectivity index (χ4v) is 3.60. The Morgan fingerprint density at radius 2 is 2.05 bits per heavy atom. The number of carboxylic acid groups (broad SMARTS) is 1. The third-order valence-electron chi connectivity index (χ3n) is 2.45. The van der Waals surface area contributed by atoms with Gasteiger partial charge in [-0.15, -0.1) is 11.3 Å². The first-order valence-corrected chi connectivity index (χ1v) is 7.75. The Morgan fingerprint density at radius 1 is 1.33 bits per heavy atom. The van der Waals surface area contributed by atoms with E-state index in [-0.39, 0.29) is 9.90 Å². The van der Waals surface area contributed by atoms with Gasteiger partial charge in [0.25, 0.3) is 15.7 Å². The fraction of sp³-hybridized carbons (Fsp3) is 0. The number of carbonyl (C=O) groups is 1. The summed E-state index contributed by atoms with van der Waals surface area (Å²) in [6.07, 6.45) is 0. The van der Waals surface area contributed by atoms with Crippen LogP contribution in [-0.4, -0.2) is 24.4 Å². The van der Waals surface area contributed by atoms with E-state index < -0.39 is 32.2 Å². The first kappa shape index (κ1) is 14.9. The van der Waals surface area contributed by atoms with Gasteiger partial charge in [0.15, 0.2) is 0 Å². The average Bonchev–Trinajstić information content (AvgIpc) is 2.92. The zero-order valence-corrected chi connectivity index (χ0v) is 11.8. The number of benzene rings is 1. The zero-order chi connectivity index (χ0) is 15.6. The van der Waals surface area contributed by atoms with Gasteiger partial charge >= 0.3 is 5.97 Å². The van der Waals surface area contributed by atoms with E-state index in [1.165, 1.54) is 12.1 Å². The fourth-order valence-electron chi connectivity index (χ4n) is 1.52. The van der Waals surface area contributed by atoms with Crippen molar-refractivity contribution in [3.8, 4) is 0 Å². The van der Waals surface area contributed by atoms with E-state index in [0.717, 1.165) is 29.5 Å². The van der Waals surface area contributed by atoms with Crippen LogP contribution in [0.25, 0.3) is 0 Å². The molecule has 0 saturated carbocycles. The van der Waals surface area contributed by atoms with E-state index >= 15 is 0 Å². The summed E-state index contributed by atoms with van der Waals surface area (Å²) in [5.41, 5.74) is -1.17. The van der Waals surface area contributed by atoms with Crippen LogP contribution in [0.2, 0.25) is 0 Å². The largest absolute Gasteiger partial charge is 0.478 e. The van der Waals surface area contributed by atoms with Crippen molar-refractivity contribution in [1.29, 1.82) is 0 Å². The summed E-state index contributed by atoms with van der Waals surface area (Å²) in [5.74, 6) is -1.47. The number of carboxylic acids is 1. The molecule has 1 heterocycles. The topological polar surface area (TPSA) is 127 Å². The lowest BCUT2D eigenvalue weighted by Crippen LogP contribution is -2.14. The standard InChI is InChI=1S/C11H8N2O6S2/c14-11(15)8-6-7(13(16)17)3-4-9(8)12-21(18,19)10-2-1-5-20-10/h1-6,12H,(H,14,15). The highest BCUT2D eigenvalue weighted by Crippen LogP contribution is 2.26. The summed E-state index contributed by atoms with van der Waals surface area (Å²) in [4.78, 5) is 21.0. The maximum absolute atomic E-state index is 12.0. The molecule has 2 rings (SSSR count). The van der Waals surface area contributed by atoms with E-state index in [2.05, 4.69) is 4.72 Å². The zero-order valence-electron chi connectivity index (χ0n) is 10.2. The van der Waals surface area contributed by atoms with Crippen LogP contribution in [0.3, 0.4) is 0 Å². The van der Waals surface area contributed by atoms with Crippen LogP contribution in [0, 0.1) is 10.1 Å². The summed E-state index contributed by atoms with van der Waals surface area (Å²) in [7, 11) is -3.92. The van der Waals surface area contributed by atoms with Crippen LogP contribution in [-0.2, 0) is 10.0 Å². The van der Waals surface area contributed by atoms with Crippen LogP contribution in [0.15, 0.2) is 39.9 Å². The summed E-state index contributed by atoms with van der Waals surface area (Å²) < 4.78 is 26.2. The third kappa shape index (κ3) is 3.17. The van der Waals surface area contributed by atoms with Crippen LogP contribution in [0.4, 0.5) is 11.4 Å². The van der Waals surface area contributed by atoms with Crippen molar-refractivity contribution in [3.63, 3.8) is 0 Å². The number of nitro benzene ring substituents is 1. The highest BCUT2D eigenvalue weighted by molar-refractivity contribution is 7.94. The Morgan fingerprint density at radius 3 is 2.57 bits per heavy atom. The number of non-ortho nitro benzene ring substituents is 1. The second-order valence-electron chi connectivity index (χ2n) is 3.83. The van der Waals surface area contributed by atoms with Gasteiger partial charge in [0.05, 0.1) is 16.2 Å². The summed E-state index contributed by atoms with van der Waals surface area (Å²) in [6, 6.07) is 5.77. The molecular weight excluding hydrogens is 320 g/mol. The molecule has 2 N–H and O–H groups in total. The number of sulfonamides is 1.